The Morgan fingerprint density at radius 3 is 3.00 bits per heavy atom. The second kappa shape index (κ2) is 2.42. The van der Waals surface area contributed by atoms with Crippen LogP contribution in [0.5, 0.6) is 0 Å². The molecule has 0 bridgehead atoms. The molecular weight excluding hydrogens is 160 g/mol. The molecule has 0 spiro atoms. The lowest BCUT2D eigenvalue weighted by atomic mass is 10.1. The molecule has 2 rings (SSSR count). The number of hydrazone groups is 1. The van der Waals surface area contributed by atoms with E-state index in [2.05, 4.69) is 20.2 Å². The number of nitrogens with one attached hydrogen (secondary N) is 1. The maximum Gasteiger partial charge on any atom is 0.263 e. The first-order valence-corrected chi connectivity index (χ1v) is 3.33. The van der Waals surface area contributed by atoms with Gasteiger partial charge in [0, 0.05) is 6.07 Å². The molecule has 0 saturated carbocycles. The lowest BCUT2D eigenvalue weighted by Gasteiger charge is -1.97. The number of hydrogen-bond donors (Lipinski definition) is 2. The van der Waals surface area contributed by atoms with Crippen LogP contribution in [0.15, 0.2) is 22.0 Å². The number of amides is 1. The summed E-state index contributed by atoms with van der Waals surface area (Å²) in [7, 11) is 0. The van der Waals surface area contributed by atoms with Gasteiger partial charge in [-0.05, 0) is 0 Å². The highest BCUT2D eigenvalue weighted by atomic mass is 16.5. The van der Waals surface area contributed by atoms with Crippen molar-refractivity contribution in [2.24, 2.45) is 10.8 Å². The average molecular weight is 166 g/mol. The molecule has 1 aromatic heterocycles. The molecule has 12 heavy (non-hydrogen) atoms. The quantitative estimate of drug-likeness (QED) is 0.550. The maximum atomic E-state index is 10.9. The molecule has 0 radical (unpaired) electrons. The molecule has 6 nitrogen and oxygen atoms in total. The van der Waals surface area contributed by atoms with Crippen molar-refractivity contribution in [1.82, 2.24) is 10.6 Å². The number of aromatic nitrogens is 1. The molecule has 3 N–H and O–H groups in total. The summed E-state index contributed by atoms with van der Waals surface area (Å²) in [4.78, 5) is 10.9. The van der Waals surface area contributed by atoms with Crippen LogP contribution in [0, 0.1) is 0 Å². The molecule has 1 unspecified atom stereocenters. The highest BCUT2D eigenvalue weighted by molar-refractivity contribution is 6.18. The van der Waals surface area contributed by atoms with Crippen molar-refractivity contribution < 1.29 is 9.32 Å². The zero-order valence-corrected chi connectivity index (χ0v) is 6.02. The van der Waals surface area contributed by atoms with E-state index in [-0.39, 0.29) is 5.91 Å². The molecule has 1 aliphatic heterocycles. The smallest absolute Gasteiger partial charge is 0.263 e. The van der Waals surface area contributed by atoms with Crippen LogP contribution >= 0.6 is 0 Å². The van der Waals surface area contributed by atoms with Crippen molar-refractivity contribution in [3.8, 4) is 0 Å². The van der Waals surface area contributed by atoms with Crippen molar-refractivity contribution in [3.63, 3.8) is 0 Å². The average Bonchev–Trinajstić information content (AvgIpc) is 2.64. The molecule has 6 heteroatoms. The van der Waals surface area contributed by atoms with E-state index in [9.17, 15) is 4.79 Å². The monoisotopic (exact) mass is 166 g/mol. The predicted molar refractivity (Wildman–Crippen MR) is 39.2 cm³/mol. The zero-order valence-electron chi connectivity index (χ0n) is 6.02. The largest absolute Gasteiger partial charge is 0.364 e. The van der Waals surface area contributed by atoms with Crippen LogP contribution in [0.3, 0.4) is 0 Å². The van der Waals surface area contributed by atoms with Gasteiger partial charge in [-0.2, -0.15) is 5.10 Å². The van der Waals surface area contributed by atoms with Gasteiger partial charge in [0.2, 0.25) is 0 Å². The lowest BCUT2D eigenvalue weighted by molar-refractivity contribution is -0.120. The summed E-state index contributed by atoms with van der Waals surface area (Å²) in [6, 6.07) is 0.856. The summed E-state index contributed by atoms with van der Waals surface area (Å²) >= 11 is 0. The highest BCUT2D eigenvalue weighted by Gasteiger charge is 2.28. The van der Waals surface area contributed by atoms with E-state index in [4.69, 9.17) is 5.73 Å². The highest BCUT2D eigenvalue weighted by Crippen LogP contribution is 2.04. The van der Waals surface area contributed by atoms with E-state index in [1.54, 1.807) is 6.07 Å². The summed E-state index contributed by atoms with van der Waals surface area (Å²) in [5.74, 6) is -0.326. The van der Waals surface area contributed by atoms with Gasteiger partial charge >= 0.3 is 0 Å². The van der Waals surface area contributed by atoms with Crippen LogP contribution in [-0.4, -0.2) is 22.8 Å². The summed E-state index contributed by atoms with van der Waals surface area (Å²) in [5.41, 5.74) is 8.64. The minimum Gasteiger partial charge on any atom is -0.364 e. The minimum absolute atomic E-state index is 0.326. The number of nitrogens with two attached hydrogens (primary N) is 1. The maximum absolute atomic E-state index is 10.9. The van der Waals surface area contributed by atoms with Gasteiger partial charge in [0.25, 0.3) is 5.91 Å². The summed E-state index contributed by atoms with van der Waals surface area (Å²) in [6.07, 6.45) is 1.40. The standard InChI is InChI=1S/C6H6N4O2/c7-4-5(8-9-6(4)11)3-1-2-12-10-3/h1-2,4H,7H2,(H,9,11). The molecule has 1 aliphatic rings. The molecule has 0 fully saturated rings. The Morgan fingerprint density at radius 1 is 1.67 bits per heavy atom. The molecule has 0 saturated heterocycles. The first-order valence-electron chi connectivity index (χ1n) is 3.33. The zero-order chi connectivity index (χ0) is 8.55. The third-order valence-corrected chi connectivity index (χ3v) is 1.56. The SMILES string of the molecule is NC1C(=O)NN=C1c1ccon1. The molecule has 1 atom stereocenters. The Morgan fingerprint density at radius 2 is 2.50 bits per heavy atom. The minimum atomic E-state index is -0.741. The van der Waals surface area contributed by atoms with Gasteiger partial charge in [0.1, 0.15) is 23.7 Å². The fourth-order valence-corrected chi connectivity index (χ4v) is 0.940. The van der Waals surface area contributed by atoms with Gasteiger partial charge < -0.3 is 10.3 Å². The number of nitrogens with zero attached hydrogens (tertiary/aromatic N) is 2. The van der Waals surface area contributed by atoms with Crippen molar-refractivity contribution in [1.29, 1.82) is 0 Å². The number of carbonyl (C=O) groups is 1. The Labute approximate surface area is 67.4 Å². The molecule has 0 aliphatic carbocycles. The Hall–Kier alpha value is -1.69. The van der Waals surface area contributed by atoms with Crippen LogP contribution in [0.4, 0.5) is 0 Å². The lowest BCUT2D eigenvalue weighted by Crippen LogP contribution is -2.37. The van der Waals surface area contributed by atoms with E-state index in [1.807, 2.05) is 0 Å². The van der Waals surface area contributed by atoms with Crippen LogP contribution in [0.25, 0.3) is 0 Å². The van der Waals surface area contributed by atoms with Gasteiger partial charge in [-0.25, -0.2) is 5.43 Å². The van der Waals surface area contributed by atoms with Crippen LogP contribution in [0.1, 0.15) is 5.69 Å². The molecule has 62 valence electrons. The van der Waals surface area contributed by atoms with E-state index < -0.39 is 6.04 Å². The van der Waals surface area contributed by atoms with E-state index >= 15 is 0 Å². The predicted octanol–water partition coefficient (Wildman–Crippen LogP) is -1.16. The van der Waals surface area contributed by atoms with Crippen LogP contribution in [-0.2, 0) is 4.79 Å². The van der Waals surface area contributed by atoms with Crippen molar-refractivity contribution >= 4 is 11.6 Å². The number of rotatable bonds is 1. The fraction of sp³-hybridized carbons (Fsp3) is 0.167. The summed E-state index contributed by atoms with van der Waals surface area (Å²) < 4.78 is 4.59. The normalized spacial score (nSPS) is 22.2. The molecule has 1 aromatic rings. The van der Waals surface area contributed by atoms with Gasteiger partial charge in [0.05, 0.1) is 0 Å². The van der Waals surface area contributed by atoms with Crippen LogP contribution in [0.2, 0.25) is 0 Å². The molecule has 2 heterocycles. The van der Waals surface area contributed by atoms with Gasteiger partial charge in [0.15, 0.2) is 0 Å². The second-order valence-corrected chi connectivity index (χ2v) is 2.34. The fourth-order valence-electron chi connectivity index (χ4n) is 0.940. The first-order chi connectivity index (χ1) is 5.79. The summed E-state index contributed by atoms with van der Waals surface area (Å²) in [6.45, 7) is 0. The first kappa shape index (κ1) is 6.99. The van der Waals surface area contributed by atoms with Gasteiger partial charge in [-0.1, -0.05) is 5.16 Å². The Bertz CT molecular complexity index is 329. The molecule has 1 amide bonds. The second-order valence-electron chi connectivity index (χ2n) is 2.34. The van der Waals surface area contributed by atoms with Crippen LogP contribution < -0.4 is 11.2 Å². The van der Waals surface area contributed by atoms with Gasteiger partial charge in [-0.3, -0.25) is 4.79 Å². The topological polar surface area (TPSA) is 93.5 Å². The van der Waals surface area contributed by atoms with Gasteiger partial charge in [-0.15, -0.1) is 0 Å². The third kappa shape index (κ3) is 0.892. The van der Waals surface area contributed by atoms with Crippen molar-refractivity contribution in [3.05, 3.63) is 18.0 Å². The Balaban J connectivity index is 2.32. The third-order valence-electron chi connectivity index (χ3n) is 1.56. The molecular formula is C6H6N4O2. The van der Waals surface area contributed by atoms with E-state index in [0.29, 0.717) is 11.4 Å². The van der Waals surface area contributed by atoms with E-state index in [0.717, 1.165) is 0 Å². The number of hydrogen-bond acceptors (Lipinski definition) is 5. The van der Waals surface area contributed by atoms with Crippen molar-refractivity contribution in [2.45, 2.75) is 6.04 Å². The number of carbonyl (C=O) groups excluding carboxylic acids is 1. The van der Waals surface area contributed by atoms with E-state index in [1.165, 1.54) is 6.26 Å². The Kier molecular flexibility index (Phi) is 1.41. The van der Waals surface area contributed by atoms with Crippen molar-refractivity contribution in [2.75, 3.05) is 0 Å². The molecule has 0 aromatic carbocycles. The summed E-state index contributed by atoms with van der Waals surface area (Å²) in [5, 5.41) is 7.31.